The van der Waals surface area contributed by atoms with Crippen LogP contribution in [0, 0.1) is 0 Å². The summed E-state index contributed by atoms with van der Waals surface area (Å²) < 4.78 is 11.0. The molecule has 88 valence electrons. The second kappa shape index (κ2) is 4.61. The second-order valence-corrected chi connectivity index (χ2v) is 5.84. The molecule has 0 aromatic rings. The number of carbonyl (C=O) groups excluding carboxylic acids is 1. The van der Waals surface area contributed by atoms with E-state index in [-0.39, 0.29) is 12.1 Å². The molecule has 1 rings (SSSR count). The molecule has 4 nitrogen and oxygen atoms in total. The van der Waals surface area contributed by atoms with Crippen molar-refractivity contribution in [3.05, 3.63) is 0 Å². The maximum Gasteiger partial charge on any atom is 0.243 e. The molecule has 0 radical (unpaired) electrons. The molecule has 15 heavy (non-hydrogen) atoms. The van der Waals surface area contributed by atoms with E-state index >= 15 is 0 Å². The quantitative estimate of drug-likeness (QED) is 0.759. The van der Waals surface area contributed by atoms with Crippen molar-refractivity contribution in [1.29, 1.82) is 0 Å². The van der Waals surface area contributed by atoms with Gasteiger partial charge in [0.25, 0.3) is 0 Å². The molecule has 3 atom stereocenters. The van der Waals surface area contributed by atoms with Crippen molar-refractivity contribution in [1.82, 2.24) is 10.2 Å². The summed E-state index contributed by atoms with van der Waals surface area (Å²) in [6, 6.07) is 0. The first-order valence-electron chi connectivity index (χ1n) is 5.29. The Balaban J connectivity index is 2.67. The normalized spacial score (nSPS) is 33.5. The van der Waals surface area contributed by atoms with Gasteiger partial charge in [-0.3, -0.25) is 14.3 Å². The number of nitrogens with one attached hydrogen (secondary N) is 1. The minimum atomic E-state index is -0.840. The van der Waals surface area contributed by atoms with Gasteiger partial charge in [-0.2, -0.15) is 0 Å². The fraction of sp³-hybridized carbons (Fsp3) is 0.900. The Bertz CT molecular complexity index is 283. The van der Waals surface area contributed by atoms with Gasteiger partial charge in [0, 0.05) is 29.4 Å². The van der Waals surface area contributed by atoms with Crippen LogP contribution in [0.15, 0.2) is 0 Å². The molecular formula is C10H20N2O2S. The highest BCUT2D eigenvalue weighted by Crippen LogP contribution is 2.22. The van der Waals surface area contributed by atoms with Crippen molar-refractivity contribution in [2.45, 2.75) is 38.9 Å². The predicted molar refractivity (Wildman–Crippen MR) is 61.9 cm³/mol. The summed E-state index contributed by atoms with van der Waals surface area (Å²) in [6.45, 7) is 6.47. The Labute approximate surface area is 93.9 Å². The Morgan fingerprint density at radius 1 is 1.60 bits per heavy atom. The zero-order chi connectivity index (χ0) is 11.6. The Hall–Kier alpha value is -0.420. The first kappa shape index (κ1) is 12.6. The fourth-order valence-corrected chi connectivity index (χ4v) is 2.32. The summed E-state index contributed by atoms with van der Waals surface area (Å²) >= 11 is 0. The topological polar surface area (TPSA) is 49.4 Å². The van der Waals surface area contributed by atoms with Gasteiger partial charge in [0.05, 0.1) is 11.7 Å². The van der Waals surface area contributed by atoms with E-state index in [1.54, 1.807) is 11.2 Å². The zero-order valence-corrected chi connectivity index (χ0v) is 10.7. The van der Waals surface area contributed by atoms with Gasteiger partial charge < -0.3 is 4.90 Å². The lowest BCUT2D eigenvalue weighted by atomic mass is 9.99. The van der Waals surface area contributed by atoms with Crippen LogP contribution in [0.5, 0.6) is 0 Å². The Morgan fingerprint density at radius 2 is 2.20 bits per heavy atom. The predicted octanol–water partition coefficient (Wildman–Crippen LogP) is 0.311. The standard InChI is InChI=1S/C10H20N2O2S/c1-5-10(3)9(13)12(8(2)11-10)6-7-15(4)14/h8,11H,5-7H2,1-4H3. The molecule has 1 saturated heterocycles. The lowest BCUT2D eigenvalue weighted by Crippen LogP contribution is -2.43. The van der Waals surface area contributed by atoms with Crippen LogP contribution in [0.4, 0.5) is 0 Å². The monoisotopic (exact) mass is 232 g/mol. The van der Waals surface area contributed by atoms with Gasteiger partial charge in [0.2, 0.25) is 5.91 Å². The van der Waals surface area contributed by atoms with Crippen LogP contribution in [0.3, 0.4) is 0 Å². The number of carbonyl (C=O) groups is 1. The molecule has 0 aliphatic carbocycles. The molecule has 3 unspecified atom stereocenters. The third-order valence-corrected chi connectivity index (χ3v) is 3.81. The summed E-state index contributed by atoms with van der Waals surface area (Å²) in [7, 11) is -0.840. The molecule has 1 N–H and O–H groups in total. The molecule has 1 amide bonds. The summed E-state index contributed by atoms with van der Waals surface area (Å²) in [4.78, 5) is 13.8. The Kier molecular flexibility index (Phi) is 3.89. The van der Waals surface area contributed by atoms with Gasteiger partial charge in [0.15, 0.2) is 0 Å². The summed E-state index contributed by atoms with van der Waals surface area (Å²) in [5.74, 6) is 0.681. The van der Waals surface area contributed by atoms with Crippen LogP contribution < -0.4 is 5.32 Å². The van der Waals surface area contributed by atoms with Crippen LogP contribution in [0.2, 0.25) is 0 Å². The minimum absolute atomic E-state index is 0.0472. The second-order valence-electron chi connectivity index (χ2n) is 4.28. The van der Waals surface area contributed by atoms with Gasteiger partial charge in [-0.25, -0.2) is 0 Å². The lowest BCUT2D eigenvalue weighted by molar-refractivity contribution is -0.132. The zero-order valence-electron chi connectivity index (χ0n) is 9.87. The van der Waals surface area contributed by atoms with E-state index in [2.05, 4.69) is 5.32 Å². The van der Waals surface area contributed by atoms with E-state index < -0.39 is 16.3 Å². The summed E-state index contributed by atoms with van der Waals surface area (Å²) in [5.41, 5.74) is -0.436. The molecule has 5 heteroatoms. The fourth-order valence-electron chi connectivity index (χ4n) is 1.87. The largest absolute Gasteiger partial charge is 0.325 e. The highest BCUT2D eigenvalue weighted by atomic mass is 32.2. The van der Waals surface area contributed by atoms with Crippen LogP contribution in [0.25, 0.3) is 0 Å². The molecule has 0 aromatic heterocycles. The summed E-state index contributed by atoms with van der Waals surface area (Å²) in [5, 5.41) is 3.28. The molecule has 1 aliphatic heterocycles. The highest BCUT2D eigenvalue weighted by Gasteiger charge is 2.44. The van der Waals surface area contributed by atoms with Crippen LogP contribution in [-0.4, -0.2) is 45.3 Å². The van der Waals surface area contributed by atoms with Crippen molar-refractivity contribution >= 4 is 16.7 Å². The van der Waals surface area contributed by atoms with Gasteiger partial charge in [0.1, 0.15) is 0 Å². The smallest absolute Gasteiger partial charge is 0.243 e. The van der Waals surface area contributed by atoms with Gasteiger partial charge in [-0.15, -0.1) is 0 Å². The van der Waals surface area contributed by atoms with Crippen LogP contribution in [0.1, 0.15) is 27.2 Å². The molecular weight excluding hydrogens is 212 g/mol. The first-order valence-corrected chi connectivity index (χ1v) is 7.02. The molecule has 0 saturated carbocycles. The van der Waals surface area contributed by atoms with E-state index in [1.807, 2.05) is 20.8 Å². The number of hydrogen-bond donors (Lipinski definition) is 1. The highest BCUT2D eigenvalue weighted by molar-refractivity contribution is 7.84. The third-order valence-electron chi connectivity index (χ3n) is 3.05. The first-order chi connectivity index (χ1) is 6.90. The van der Waals surface area contributed by atoms with E-state index in [0.717, 1.165) is 6.42 Å². The average molecular weight is 232 g/mol. The molecule has 0 bridgehead atoms. The minimum Gasteiger partial charge on any atom is -0.325 e. The lowest BCUT2D eigenvalue weighted by Gasteiger charge is -2.21. The van der Waals surface area contributed by atoms with Crippen molar-refractivity contribution in [2.24, 2.45) is 0 Å². The van der Waals surface area contributed by atoms with Crippen LogP contribution in [-0.2, 0) is 15.6 Å². The number of amides is 1. The van der Waals surface area contributed by atoms with Gasteiger partial charge in [-0.1, -0.05) is 6.92 Å². The van der Waals surface area contributed by atoms with Crippen molar-refractivity contribution in [3.8, 4) is 0 Å². The van der Waals surface area contributed by atoms with E-state index in [4.69, 9.17) is 0 Å². The number of nitrogens with zero attached hydrogens (tertiary/aromatic N) is 1. The van der Waals surface area contributed by atoms with Crippen molar-refractivity contribution in [2.75, 3.05) is 18.6 Å². The Morgan fingerprint density at radius 3 is 2.60 bits per heavy atom. The maximum atomic E-state index is 12.0. The van der Waals surface area contributed by atoms with Crippen LogP contribution >= 0.6 is 0 Å². The number of rotatable bonds is 4. The van der Waals surface area contributed by atoms with Gasteiger partial charge in [-0.05, 0) is 20.3 Å². The van der Waals surface area contributed by atoms with E-state index in [0.29, 0.717) is 12.3 Å². The average Bonchev–Trinajstić information content (AvgIpc) is 2.37. The molecule has 0 aromatic carbocycles. The number of hydrogen-bond acceptors (Lipinski definition) is 3. The molecule has 1 heterocycles. The van der Waals surface area contributed by atoms with E-state index in [9.17, 15) is 9.00 Å². The van der Waals surface area contributed by atoms with Crippen molar-refractivity contribution in [3.63, 3.8) is 0 Å². The van der Waals surface area contributed by atoms with Crippen molar-refractivity contribution < 1.29 is 9.00 Å². The molecule has 0 spiro atoms. The maximum absolute atomic E-state index is 12.0. The third kappa shape index (κ3) is 2.58. The molecule has 1 aliphatic rings. The molecule has 1 fully saturated rings. The van der Waals surface area contributed by atoms with Gasteiger partial charge >= 0.3 is 0 Å². The van der Waals surface area contributed by atoms with E-state index in [1.165, 1.54) is 0 Å². The summed E-state index contributed by atoms with van der Waals surface area (Å²) in [6.07, 6.45) is 2.49. The SMILES string of the molecule is CCC1(C)NC(C)N(CCS(C)=O)C1=O.